The van der Waals surface area contributed by atoms with E-state index in [0.29, 0.717) is 5.13 Å². The second kappa shape index (κ2) is 7.27. The highest BCUT2D eigenvalue weighted by atomic mass is 32.1. The molecule has 8 heteroatoms. The van der Waals surface area contributed by atoms with E-state index in [1.807, 2.05) is 0 Å². The Balaban J connectivity index is 1.84. The molecule has 2 aromatic rings. The first-order chi connectivity index (χ1) is 12.0. The van der Waals surface area contributed by atoms with Gasteiger partial charge in [-0.3, -0.25) is 10.1 Å². The highest BCUT2D eigenvalue weighted by Gasteiger charge is 2.15. The Hall–Kier alpha value is -3.00. The second-order valence-electron chi connectivity index (χ2n) is 5.05. The van der Waals surface area contributed by atoms with Gasteiger partial charge in [0, 0.05) is 29.8 Å². The number of anilines is 2. The van der Waals surface area contributed by atoms with Crippen LogP contribution < -0.4 is 15.8 Å². The van der Waals surface area contributed by atoms with Crippen LogP contribution in [0.5, 0.6) is 5.75 Å². The highest BCUT2D eigenvalue weighted by Crippen LogP contribution is 2.26. The fourth-order valence-electron chi connectivity index (χ4n) is 2.08. The molecule has 0 atom stereocenters. The number of hydrogen-bond acceptors (Lipinski definition) is 5. The lowest BCUT2D eigenvalue weighted by molar-refractivity contribution is 0.102. The number of carbonyl (C=O) groups is 1. The van der Waals surface area contributed by atoms with Gasteiger partial charge in [-0.2, -0.15) is 0 Å². The predicted molar refractivity (Wildman–Crippen MR) is 92.6 cm³/mol. The standard InChI is InChI=1S/C17H13F2N3O2S/c18-10-2-1-3-15(13(19)8-10)24-11-4-5-14(20)12(9-11)16(23)22-17-21-6-7-25-17/h1,3-9H,2,20H2,(H,21,22,23). The number of nitrogen functional groups attached to an aromatic ring is 1. The SMILES string of the molecule is Nc1ccc(OC2=C(F)C=C(F)CC=C2)cc1C(=O)Nc1nccs1. The zero-order valence-corrected chi connectivity index (χ0v) is 13.6. The third-order valence-corrected chi connectivity index (χ3v) is 3.94. The number of carbonyl (C=O) groups excluding carboxylic acids is 1. The first kappa shape index (κ1) is 16.8. The Morgan fingerprint density at radius 3 is 2.96 bits per heavy atom. The molecular formula is C17H13F2N3O2S. The molecule has 0 saturated heterocycles. The van der Waals surface area contributed by atoms with Gasteiger partial charge in [-0.15, -0.1) is 11.3 Å². The molecule has 3 rings (SSSR count). The van der Waals surface area contributed by atoms with E-state index < -0.39 is 17.6 Å². The monoisotopic (exact) mass is 361 g/mol. The van der Waals surface area contributed by atoms with Crippen LogP contribution in [0.2, 0.25) is 0 Å². The zero-order chi connectivity index (χ0) is 17.8. The molecule has 0 saturated carbocycles. The maximum atomic E-state index is 13.9. The summed E-state index contributed by atoms with van der Waals surface area (Å²) in [6.07, 6.45) is 5.10. The van der Waals surface area contributed by atoms with Crippen molar-refractivity contribution in [3.8, 4) is 5.75 Å². The quantitative estimate of drug-likeness (QED) is 0.794. The Labute approximate surface area is 146 Å². The van der Waals surface area contributed by atoms with Crippen molar-refractivity contribution in [2.45, 2.75) is 6.42 Å². The van der Waals surface area contributed by atoms with Crippen molar-refractivity contribution < 1.29 is 18.3 Å². The van der Waals surface area contributed by atoms with E-state index in [1.165, 1.54) is 41.7 Å². The van der Waals surface area contributed by atoms with Crippen LogP contribution in [0.4, 0.5) is 19.6 Å². The van der Waals surface area contributed by atoms with Crippen molar-refractivity contribution in [3.05, 3.63) is 71.0 Å². The van der Waals surface area contributed by atoms with E-state index in [0.717, 1.165) is 6.08 Å². The molecule has 1 amide bonds. The van der Waals surface area contributed by atoms with Crippen LogP contribution in [0.25, 0.3) is 0 Å². The first-order valence-electron chi connectivity index (χ1n) is 7.23. The van der Waals surface area contributed by atoms with E-state index >= 15 is 0 Å². The largest absolute Gasteiger partial charge is 0.454 e. The molecule has 0 spiro atoms. The van der Waals surface area contributed by atoms with Gasteiger partial charge in [0.15, 0.2) is 16.7 Å². The number of rotatable bonds is 4. The number of ether oxygens (including phenoxy) is 1. The number of nitrogens with zero attached hydrogens (tertiary/aromatic N) is 1. The van der Waals surface area contributed by atoms with Crippen molar-refractivity contribution in [3.63, 3.8) is 0 Å². The molecule has 1 aliphatic carbocycles. The van der Waals surface area contributed by atoms with Gasteiger partial charge in [0.2, 0.25) is 0 Å². The van der Waals surface area contributed by atoms with Crippen molar-refractivity contribution in [1.82, 2.24) is 4.98 Å². The Morgan fingerprint density at radius 2 is 2.20 bits per heavy atom. The molecule has 128 valence electrons. The average molecular weight is 361 g/mol. The minimum absolute atomic E-state index is 0.0104. The fraction of sp³-hybridized carbons (Fsp3) is 0.0588. The van der Waals surface area contributed by atoms with Gasteiger partial charge in [0.05, 0.1) is 5.56 Å². The van der Waals surface area contributed by atoms with Crippen molar-refractivity contribution in [2.24, 2.45) is 0 Å². The Kier molecular flexibility index (Phi) is 4.90. The van der Waals surface area contributed by atoms with Gasteiger partial charge in [-0.05, 0) is 24.3 Å². The second-order valence-corrected chi connectivity index (χ2v) is 5.95. The van der Waals surface area contributed by atoms with Gasteiger partial charge < -0.3 is 10.5 Å². The number of halogens is 2. The highest BCUT2D eigenvalue weighted by molar-refractivity contribution is 7.13. The molecule has 1 aliphatic rings. The van der Waals surface area contributed by atoms with E-state index in [4.69, 9.17) is 10.5 Å². The molecule has 1 aromatic carbocycles. The van der Waals surface area contributed by atoms with Crippen LogP contribution in [0.15, 0.2) is 65.4 Å². The van der Waals surface area contributed by atoms with E-state index in [2.05, 4.69) is 10.3 Å². The molecule has 1 heterocycles. The van der Waals surface area contributed by atoms with Gasteiger partial charge in [0.1, 0.15) is 11.6 Å². The molecule has 1 aromatic heterocycles. The lowest BCUT2D eigenvalue weighted by Crippen LogP contribution is -2.14. The Morgan fingerprint density at radius 1 is 1.36 bits per heavy atom. The van der Waals surface area contributed by atoms with Crippen molar-refractivity contribution in [1.29, 1.82) is 0 Å². The first-order valence-corrected chi connectivity index (χ1v) is 8.11. The normalized spacial score (nSPS) is 14.1. The van der Waals surface area contributed by atoms with E-state index in [9.17, 15) is 13.6 Å². The average Bonchev–Trinajstić information content (AvgIpc) is 3.02. The third-order valence-electron chi connectivity index (χ3n) is 3.25. The number of allylic oxidation sites excluding steroid dienone is 5. The number of hydrogen-bond donors (Lipinski definition) is 2. The predicted octanol–water partition coefficient (Wildman–Crippen LogP) is 4.35. The number of amides is 1. The molecule has 0 aliphatic heterocycles. The summed E-state index contributed by atoms with van der Waals surface area (Å²) in [4.78, 5) is 16.3. The summed E-state index contributed by atoms with van der Waals surface area (Å²) in [5.41, 5.74) is 6.23. The molecule has 0 unspecified atom stereocenters. The zero-order valence-electron chi connectivity index (χ0n) is 12.8. The Bertz CT molecular complexity index is 889. The maximum absolute atomic E-state index is 13.9. The lowest BCUT2D eigenvalue weighted by Gasteiger charge is -2.10. The minimum atomic E-state index is -0.836. The van der Waals surface area contributed by atoms with Gasteiger partial charge in [0.25, 0.3) is 5.91 Å². The topological polar surface area (TPSA) is 77.2 Å². The molecule has 25 heavy (non-hydrogen) atoms. The fourth-order valence-corrected chi connectivity index (χ4v) is 2.60. The summed E-state index contributed by atoms with van der Waals surface area (Å²) in [6.45, 7) is 0. The summed E-state index contributed by atoms with van der Waals surface area (Å²) in [5, 5.41) is 4.76. The number of benzene rings is 1. The molecule has 3 N–H and O–H groups in total. The molecule has 5 nitrogen and oxygen atoms in total. The summed E-state index contributed by atoms with van der Waals surface area (Å²) in [5.74, 6) is -1.85. The smallest absolute Gasteiger partial charge is 0.259 e. The van der Waals surface area contributed by atoms with Crippen LogP contribution in [-0.2, 0) is 0 Å². The van der Waals surface area contributed by atoms with Crippen LogP contribution in [0.1, 0.15) is 16.8 Å². The van der Waals surface area contributed by atoms with Crippen molar-refractivity contribution in [2.75, 3.05) is 11.1 Å². The van der Waals surface area contributed by atoms with Crippen LogP contribution >= 0.6 is 11.3 Å². The summed E-state index contributed by atoms with van der Waals surface area (Å²) in [7, 11) is 0. The molecular weight excluding hydrogens is 348 g/mol. The van der Waals surface area contributed by atoms with Crippen LogP contribution in [0, 0.1) is 0 Å². The number of nitrogens with one attached hydrogen (secondary N) is 1. The van der Waals surface area contributed by atoms with E-state index in [-0.39, 0.29) is 29.2 Å². The number of thiazole rings is 1. The van der Waals surface area contributed by atoms with Gasteiger partial charge in [-0.1, -0.05) is 6.08 Å². The lowest BCUT2D eigenvalue weighted by atomic mass is 10.1. The summed E-state index contributed by atoms with van der Waals surface area (Å²) < 4.78 is 32.6. The number of nitrogens with two attached hydrogens (primary N) is 1. The molecule has 0 bridgehead atoms. The van der Waals surface area contributed by atoms with Crippen LogP contribution in [0.3, 0.4) is 0 Å². The van der Waals surface area contributed by atoms with Crippen LogP contribution in [-0.4, -0.2) is 10.9 Å². The summed E-state index contributed by atoms with van der Waals surface area (Å²) in [6, 6.07) is 4.35. The summed E-state index contributed by atoms with van der Waals surface area (Å²) >= 11 is 1.26. The van der Waals surface area contributed by atoms with Gasteiger partial charge >= 0.3 is 0 Å². The number of aromatic nitrogens is 1. The minimum Gasteiger partial charge on any atom is -0.454 e. The third kappa shape index (κ3) is 4.10. The van der Waals surface area contributed by atoms with Gasteiger partial charge in [-0.25, -0.2) is 13.8 Å². The molecule has 0 radical (unpaired) electrons. The molecule has 0 fully saturated rings. The van der Waals surface area contributed by atoms with E-state index in [1.54, 1.807) is 11.6 Å². The van der Waals surface area contributed by atoms with Crippen molar-refractivity contribution >= 4 is 28.1 Å². The maximum Gasteiger partial charge on any atom is 0.259 e.